The second-order valence-electron chi connectivity index (χ2n) is 12.5. The van der Waals surface area contributed by atoms with E-state index in [9.17, 15) is 4.79 Å². The van der Waals surface area contributed by atoms with Crippen LogP contribution in [0.1, 0.15) is 40.1 Å². The molecule has 0 atom stereocenters. The van der Waals surface area contributed by atoms with Crippen LogP contribution in [0, 0.1) is 13.8 Å². The monoisotopic (exact) mass is 617 g/mol. The Kier molecular flexibility index (Phi) is 8.08. The number of nitrogens with zero attached hydrogens (tertiary/aromatic N) is 6. The number of thiazole rings is 1. The van der Waals surface area contributed by atoms with Crippen molar-refractivity contribution >= 4 is 39.7 Å². The summed E-state index contributed by atoms with van der Waals surface area (Å²) in [6.07, 6.45) is 6.43. The third-order valence-corrected chi connectivity index (χ3v) is 10.1. The molecular weight excluding hydrogens is 579 g/mol. The highest BCUT2D eigenvalue weighted by Crippen LogP contribution is 2.40. The molecule has 1 N–H and O–H groups in total. The lowest BCUT2D eigenvalue weighted by molar-refractivity contribution is -0.132. The van der Waals surface area contributed by atoms with Crippen LogP contribution in [-0.4, -0.2) is 69.3 Å². The Morgan fingerprint density at radius 2 is 1.71 bits per heavy atom. The number of nitrogens with one attached hydrogen (secondary N) is 1. The molecule has 45 heavy (non-hydrogen) atoms. The van der Waals surface area contributed by atoms with E-state index in [0.29, 0.717) is 19.6 Å². The van der Waals surface area contributed by atoms with Crippen molar-refractivity contribution in [3.8, 4) is 21.7 Å². The van der Waals surface area contributed by atoms with Crippen LogP contribution < -0.4 is 5.32 Å². The van der Waals surface area contributed by atoms with Gasteiger partial charge in [-0.1, -0.05) is 30.3 Å². The summed E-state index contributed by atoms with van der Waals surface area (Å²) in [6.45, 7) is 9.28. The van der Waals surface area contributed by atoms with Crippen molar-refractivity contribution in [3.05, 3.63) is 88.2 Å². The zero-order valence-corrected chi connectivity index (χ0v) is 27.2. The topological polar surface area (TPSA) is 77.5 Å². The van der Waals surface area contributed by atoms with Gasteiger partial charge in [0.1, 0.15) is 10.5 Å². The van der Waals surface area contributed by atoms with Gasteiger partial charge in [0.2, 0.25) is 5.91 Å². The van der Waals surface area contributed by atoms with Gasteiger partial charge in [-0.15, -0.1) is 11.3 Å². The summed E-state index contributed by atoms with van der Waals surface area (Å²) >= 11 is 1.70. The molecule has 7 rings (SSSR count). The number of hydrogen-bond donors (Lipinski definition) is 1. The summed E-state index contributed by atoms with van der Waals surface area (Å²) in [4.78, 5) is 34.6. The van der Waals surface area contributed by atoms with Crippen molar-refractivity contribution in [1.82, 2.24) is 29.7 Å². The molecule has 0 radical (unpaired) electrons. The SMILES string of the molecule is Cc1c(Nc2nccc3cc(CN4CCCC4)cnc23)cccc1-c1cccc(-c2nc3c(s2)CN(C(=O)CN(C)C)C3)c1C. The predicted molar refractivity (Wildman–Crippen MR) is 183 cm³/mol. The van der Waals surface area contributed by atoms with Gasteiger partial charge in [0.25, 0.3) is 0 Å². The molecule has 0 aliphatic carbocycles. The third kappa shape index (κ3) is 5.95. The van der Waals surface area contributed by atoms with E-state index < -0.39 is 0 Å². The molecule has 2 aromatic carbocycles. The largest absolute Gasteiger partial charge is 0.338 e. The first-order chi connectivity index (χ1) is 21.8. The van der Waals surface area contributed by atoms with Gasteiger partial charge in [0, 0.05) is 40.5 Å². The van der Waals surface area contributed by atoms with Gasteiger partial charge >= 0.3 is 0 Å². The Hall–Kier alpha value is -4.18. The Morgan fingerprint density at radius 1 is 0.956 bits per heavy atom. The molecule has 1 saturated heterocycles. The van der Waals surface area contributed by atoms with E-state index in [1.165, 1.54) is 53.1 Å². The quantitative estimate of drug-likeness (QED) is 0.206. The van der Waals surface area contributed by atoms with Crippen molar-refractivity contribution in [2.75, 3.05) is 39.0 Å². The highest BCUT2D eigenvalue weighted by molar-refractivity contribution is 7.15. The lowest BCUT2D eigenvalue weighted by Crippen LogP contribution is -2.34. The Morgan fingerprint density at radius 3 is 2.49 bits per heavy atom. The lowest BCUT2D eigenvalue weighted by atomic mass is 9.93. The molecule has 5 aromatic rings. The molecule has 0 bridgehead atoms. The van der Waals surface area contributed by atoms with Crippen LogP contribution in [0.4, 0.5) is 11.5 Å². The van der Waals surface area contributed by atoms with Crippen LogP contribution in [0.25, 0.3) is 32.6 Å². The molecule has 0 unspecified atom stereocenters. The summed E-state index contributed by atoms with van der Waals surface area (Å²) in [7, 11) is 3.85. The van der Waals surface area contributed by atoms with E-state index >= 15 is 0 Å². The van der Waals surface area contributed by atoms with E-state index in [2.05, 4.69) is 71.5 Å². The summed E-state index contributed by atoms with van der Waals surface area (Å²) in [5.74, 6) is 0.909. The van der Waals surface area contributed by atoms with Crippen LogP contribution in [-0.2, 0) is 24.4 Å². The van der Waals surface area contributed by atoms with E-state index in [1.807, 2.05) is 42.4 Å². The number of rotatable bonds is 8. The molecule has 3 aromatic heterocycles. The average molecular weight is 618 g/mol. The van der Waals surface area contributed by atoms with Crippen LogP contribution in [0.15, 0.2) is 60.9 Å². The van der Waals surface area contributed by atoms with E-state index in [4.69, 9.17) is 9.97 Å². The van der Waals surface area contributed by atoms with Gasteiger partial charge in [-0.3, -0.25) is 14.7 Å². The minimum atomic E-state index is 0.144. The second kappa shape index (κ2) is 12.3. The first kappa shape index (κ1) is 29.5. The Bertz CT molecular complexity index is 1870. The molecule has 8 nitrogen and oxygen atoms in total. The summed E-state index contributed by atoms with van der Waals surface area (Å²) in [6, 6.07) is 17.1. The molecule has 1 amide bonds. The van der Waals surface area contributed by atoms with E-state index in [1.54, 1.807) is 11.3 Å². The molecule has 1 fully saturated rings. The number of carbonyl (C=O) groups is 1. The fourth-order valence-corrected chi connectivity index (χ4v) is 7.70. The molecule has 2 aliphatic heterocycles. The van der Waals surface area contributed by atoms with Crippen molar-refractivity contribution < 1.29 is 4.79 Å². The number of aromatic nitrogens is 3. The van der Waals surface area contributed by atoms with Gasteiger partial charge in [-0.05, 0) is 99.9 Å². The van der Waals surface area contributed by atoms with E-state index in [-0.39, 0.29) is 5.91 Å². The fraction of sp³-hybridized carbons (Fsp3) is 0.333. The van der Waals surface area contributed by atoms with Crippen molar-refractivity contribution in [2.24, 2.45) is 0 Å². The first-order valence-corrected chi connectivity index (χ1v) is 16.5. The number of pyridine rings is 2. The molecule has 5 heterocycles. The minimum Gasteiger partial charge on any atom is -0.338 e. The predicted octanol–water partition coefficient (Wildman–Crippen LogP) is 6.78. The third-order valence-electron chi connectivity index (χ3n) is 8.96. The van der Waals surface area contributed by atoms with E-state index in [0.717, 1.165) is 50.8 Å². The Labute approximate surface area is 268 Å². The Balaban J connectivity index is 1.14. The number of likely N-dealkylation sites (tertiary alicyclic amines) is 1. The maximum absolute atomic E-state index is 12.6. The number of carbonyl (C=O) groups excluding carboxylic acids is 1. The minimum absolute atomic E-state index is 0.144. The zero-order valence-electron chi connectivity index (χ0n) is 26.4. The van der Waals surface area contributed by atoms with Crippen molar-refractivity contribution in [3.63, 3.8) is 0 Å². The lowest BCUT2D eigenvalue weighted by Gasteiger charge is -2.18. The van der Waals surface area contributed by atoms with Crippen LogP contribution in [0.2, 0.25) is 0 Å². The summed E-state index contributed by atoms with van der Waals surface area (Å²) in [5, 5.41) is 5.72. The van der Waals surface area contributed by atoms with Crippen molar-refractivity contribution in [1.29, 1.82) is 0 Å². The zero-order chi connectivity index (χ0) is 31.1. The average Bonchev–Trinajstić information content (AvgIpc) is 3.76. The van der Waals surface area contributed by atoms with Gasteiger partial charge in [0.15, 0.2) is 5.82 Å². The number of fused-ring (bicyclic) bond motifs is 2. The van der Waals surface area contributed by atoms with Gasteiger partial charge in [0.05, 0.1) is 25.3 Å². The van der Waals surface area contributed by atoms with Gasteiger partial charge in [-0.25, -0.2) is 9.97 Å². The van der Waals surface area contributed by atoms with Crippen LogP contribution in [0.5, 0.6) is 0 Å². The van der Waals surface area contributed by atoms with Gasteiger partial charge in [-0.2, -0.15) is 0 Å². The number of benzene rings is 2. The molecule has 9 heteroatoms. The molecule has 2 aliphatic rings. The van der Waals surface area contributed by atoms with Crippen LogP contribution in [0.3, 0.4) is 0 Å². The van der Waals surface area contributed by atoms with Crippen molar-refractivity contribution in [2.45, 2.75) is 46.3 Å². The smallest absolute Gasteiger partial charge is 0.237 e. The number of amides is 1. The highest BCUT2D eigenvalue weighted by Gasteiger charge is 2.28. The maximum Gasteiger partial charge on any atom is 0.237 e. The molecular formula is C36H39N7OS. The number of likely N-dealkylation sites (N-methyl/N-ethyl adjacent to an activating group) is 1. The normalized spacial score (nSPS) is 14.9. The number of hydrogen-bond acceptors (Lipinski definition) is 8. The summed E-state index contributed by atoms with van der Waals surface area (Å²) < 4.78 is 0. The first-order valence-electron chi connectivity index (χ1n) is 15.7. The highest BCUT2D eigenvalue weighted by atomic mass is 32.1. The molecule has 0 spiro atoms. The van der Waals surface area contributed by atoms with Gasteiger partial charge < -0.3 is 15.1 Å². The fourth-order valence-electron chi connectivity index (χ4n) is 6.53. The summed E-state index contributed by atoms with van der Waals surface area (Å²) in [5.41, 5.74) is 10.00. The number of anilines is 2. The van der Waals surface area contributed by atoms with Crippen LogP contribution >= 0.6 is 11.3 Å². The maximum atomic E-state index is 12.6. The second-order valence-corrected chi connectivity index (χ2v) is 13.6. The molecule has 0 saturated carbocycles. The molecule has 230 valence electrons. The standard InChI is InChI=1S/C36H39N7OS/c1-23-27(9-7-11-29(23)36-40-31-20-43(21-32(31)45-36)33(44)22-41(3)4)28-10-8-12-30(24(28)2)39-35-34-26(13-14-37-35)17-25(18-38-34)19-42-15-5-6-16-42/h7-14,17-18H,5-6,15-16,19-22H2,1-4H3,(H,37,39).